The fourth-order valence-electron chi connectivity index (χ4n) is 5.43. The van der Waals surface area contributed by atoms with Crippen molar-refractivity contribution in [3.8, 4) is 22.5 Å². The summed E-state index contributed by atoms with van der Waals surface area (Å²) < 4.78 is 2.32. The van der Waals surface area contributed by atoms with Gasteiger partial charge in [0.1, 0.15) is 17.0 Å². The number of benzene rings is 1. The van der Waals surface area contributed by atoms with Gasteiger partial charge in [-0.05, 0) is 54.5 Å². The third-order valence-corrected chi connectivity index (χ3v) is 7.43. The molecule has 174 valence electrons. The molecule has 1 atom stereocenters. The third kappa shape index (κ3) is 3.58. The minimum absolute atomic E-state index is 0.288. The second kappa shape index (κ2) is 8.05. The van der Waals surface area contributed by atoms with Gasteiger partial charge in [0, 0.05) is 55.1 Å². The van der Waals surface area contributed by atoms with Gasteiger partial charge in [-0.3, -0.25) is 9.78 Å². The first-order chi connectivity index (χ1) is 17.2. The first kappa shape index (κ1) is 20.4. The highest BCUT2D eigenvalue weighted by molar-refractivity contribution is 5.93. The normalized spacial score (nSPS) is 18.1. The summed E-state index contributed by atoms with van der Waals surface area (Å²) in [6.07, 6.45) is 10.6. The maximum Gasteiger partial charge on any atom is 0.225 e. The number of carbonyl (C=O) groups is 1. The molecule has 0 spiro atoms. The number of nitrogens with one attached hydrogen (secondary N) is 1. The first-order valence-electron chi connectivity index (χ1n) is 12.4. The summed E-state index contributed by atoms with van der Waals surface area (Å²) in [7, 11) is 0. The van der Waals surface area contributed by atoms with Crippen molar-refractivity contribution in [3.05, 3.63) is 67.3 Å². The average molecular weight is 463 g/mol. The van der Waals surface area contributed by atoms with Crippen LogP contribution in [0.2, 0.25) is 0 Å². The number of carbonyl (C=O) groups excluding carboxylic acids is 1. The molecule has 1 saturated heterocycles. The van der Waals surface area contributed by atoms with E-state index < -0.39 is 0 Å². The number of aromatic nitrogens is 5. The lowest BCUT2D eigenvalue weighted by atomic mass is 10.0. The highest BCUT2D eigenvalue weighted by Gasteiger charge is 2.36. The number of imidazole rings is 1. The maximum atomic E-state index is 12.6. The Hall–Kier alpha value is -4.00. The van der Waals surface area contributed by atoms with Gasteiger partial charge in [0.25, 0.3) is 0 Å². The Morgan fingerprint density at radius 1 is 1.00 bits per heavy atom. The van der Waals surface area contributed by atoms with Crippen molar-refractivity contribution in [3.63, 3.8) is 0 Å². The summed E-state index contributed by atoms with van der Waals surface area (Å²) in [6, 6.07) is 14.8. The van der Waals surface area contributed by atoms with Gasteiger partial charge in [0.05, 0.1) is 11.7 Å². The van der Waals surface area contributed by atoms with Crippen LogP contribution in [0.1, 0.15) is 19.3 Å². The number of nitrogens with zero attached hydrogens (tertiary/aromatic N) is 5. The van der Waals surface area contributed by atoms with Crippen LogP contribution < -0.4 is 0 Å². The minimum atomic E-state index is 0.288. The van der Waals surface area contributed by atoms with Crippen molar-refractivity contribution in [2.24, 2.45) is 11.8 Å². The standard InChI is InChI=1S/C28H26N6O/c35-28(21-5-6-21)33-14-10-18(16-33)17-34-25-9-11-29-15-24(25)32-27(34)20-3-1-19(2-4-20)22-7-12-30-26-23(22)8-13-31-26/h1-4,7-9,11-13,15,18,21H,5-6,10,14,16-17H2,(H,30,31)/t18-/m0/s1. The number of hydrogen-bond donors (Lipinski definition) is 1. The molecular formula is C28H26N6O. The molecule has 1 aliphatic carbocycles. The highest BCUT2D eigenvalue weighted by Crippen LogP contribution is 2.34. The largest absolute Gasteiger partial charge is 0.346 e. The van der Waals surface area contributed by atoms with E-state index in [1.54, 1.807) is 0 Å². The van der Waals surface area contributed by atoms with Gasteiger partial charge in [-0.1, -0.05) is 24.3 Å². The SMILES string of the molecule is O=C(C1CC1)N1CC[C@H](Cn2c(-c3ccc(-c4ccnc5[nH]ccc45)cc3)nc3cnccc32)C1. The van der Waals surface area contributed by atoms with Crippen LogP contribution in [0.3, 0.4) is 0 Å². The molecule has 1 N–H and O–H groups in total. The summed E-state index contributed by atoms with van der Waals surface area (Å²) in [5.74, 6) is 2.03. The maximum absolute atomic E-state index is 12.6. The van der Waals surface area contributed by atoms with Crippen LogP contribution in [-0.4, -0.2) is 48.4 Å². The molecule has 1 aliphatic heterocycles. The summed E-state index contributed by atoms with van der Waals surface area (Å²) in [6.45, 7) is 2.56. The van der Waals surface area contributed by atoms with Gasteiger partial charge in [-0.25, -0.2) is 9.97 Å². The van der Waals surface area contributed by atoms with Crippen LogP contribution in [0.4, 0.5) is 0 Å². The van der Waals surface area contributed by atoms with Crippen LogP contribution in [0, 0.1) is 11.8 Å². The predicted octanol–water partition coefficient (Wildman–Crippen LogP) is 4.90. The summed E-state index contributed by atoms with van der Waals surface area (Å²) >= 11 is 0. The highest BCUT2D eigenvalue weighted by atomic mass is 16.2. The summed E-state index contributed by atoms with van der Waals surface area (Å²) in [4.78, 5) is 31.5. The van der Waals surface area contributed by atoms with Gasteiger partial charge in [-0.2, -0.15) is 0 Å². The number of fused-ring (bicyclic) bond motifs is 2. The van der Waals surface area contributed by atoms with Gasteiger partial charge in [-0.15, -0.1) is 0 Å². The van der Waals surface area contributed by atoms with E-state index in [0.717, 1.165) is 83.5 Å². The molecule has 7 nitrogen and oxygen atoms in total. The molecule has 4 aromatic heterocycles. The molecule has 2 fully saturated rings. The number of likely N-dealkylation sites (tertiary alicyclic amines) is 1. The average Bonchev–Trinajstić information content (AvgIpc) is 3.28. The molecule has 0 radical (unpaired) electrons. The smallest absolute Gasteiger partial charge is 0.225 e. The van der Waals surface area contributed by atoms with Gasteiger partial charge >= 0.3 is 0 Å². The molecule has 0 unspecified atom stereocenters. The monoisotopic (exact) mass is 462 g/mol. The Morgan fingerprint density at radius 3 is 2.71 bits per heavy atom. The van der Waals surface area contributed by atoms with E-state index in [9.17, 15) is 4.79 Å². The molecule has 0 bridgehead atoms. The second-order valence-corrected chi connectivity index (χ2v) is 9.80. The van der Waals surface area contributed by atoms with Crippen molar-refractivity contribution in [1.82, 2.24) is 29.4 Å². The zero-order valence-corrected chi connectivity index (χ0v) is 19.4. The second-order valence-electron chi connectivity index (χ2n) is 9.80. The Balaban J connectivity index is 1.21. The molecule has 1 amide bonds. The van der Waals surface area contributed by atoms with Crippen molar-refractivity contribution < 1.29 is 4.79 Å². The van der Waals surface area contributed by atoms with E-state index in [4.69, 9.17) is 4.98 Å². The summed E-state index contributed by atoms with van der Waals surface area (Å²) in [5, 5.41) is 1.12. The van der Waals surface area contributed by atoms with Crippen LogP contribution in [0.25, 0.3) is 44.6 Å². The molecule has 1 saturated carbocycles. The Morgan fingerprint density at radius 2 is 1.86 bits per heavy atom. The minimum Gasteiger partial charge on any atom is -0.346 e. The van der Waals surface area contributed by atoms with Crippen molar-refractivity contribution in [2.75, 3.05) is 13.1 Å². The van der Waals surface area contributed by atoms with E-state index in [-0.39, 0.29) is 5.92 Å². The number of hydrogen-bond acceptors (Lipinski definition) is 4. The lowest BCUT2D eigenvalue weighted by Gasteiger charge is -2.18. The number of rotatable bonds is 5. The van der Waals surface area contributed by atoms with Crippen molar-refractivity contribution >= 4 is 28.0 Å². The van der Waals surface area contributed by atoms with Crippen LogP contribution in [-0.2, 0) is 11.3 Å². The number of pyridine rings is 2. The van der Waals surface area contributed by atoms with Crippen molar-refractivity contribution in [2.45, 2.75) is 25.8 Å². The quantitative estimate of drug-likeness (QED) is 0.403. The molecule has 2 aliphatic rings. The fraction of sp³-hybridized carbons (Fsp3) is 0.286. The fourth-order valence-corrected chi connectivity index (χ4v) is 5.43. The molecule has 7 rings (SSSR count). The number of aromatic amines is 1. The zero-order chi connectivity index (χ0) is 23.4. The molecular weight excluding hydrogens is 436 g/mol. The van der Waals surface area contributed by atoms with Crippen LogP contribution in [0.15, 0.2) is 67.3 Å². The van der Waals surface area contributed by atoms with E-state index in [2.05, 4.69) is 60.8 Å². The Bertz CT molecular complexity index is 1550. The summed E-state index contributed by atoms with van der Waals surface area (Å²) in [5.41, 5.74) is 6.27. The zero-order valence-electron chi connectivity index (χ0n) is 19.4. The lowest BCUT2D eigenvalue weighted by Crippen LogP contribution is -2.30. The Labute approximate surface area is 202 Å². The van der Waals surface area contributed by atoms with E-state index in [1.165, 1.54) is 0 Å². The molecule has 1 aromatic carbocycles. The topological polar surface area (TPSA) is 79.7 Å². The van der Waals surface area contributed by atoms with Crippen molar-refractivity contribution in [1.29, 1.82) is 0 Å². The molecule has 5 heterocycles. The lowest BCUT2D eigenvalue weighted by molar-refractivity contribution is -0.131. The number of amides is 1. The van der Waals surface area contributed by atoms with Crippen LogP contribution in [0.5, 0.6) is 0 Å². The molecule has 5 aromatic rings. The van der Waals surface area contributed by atoms with E-state index in [0.29, 0.717) is 11.8 Å². The van der Waals surface area contributed by atoms with Gasteiger partial charge < -0.3 is 14.5 Å². The predicted molar refractivity (Wildman–Crippen MR) is 135 cm³/mol. The van der Waals surface area contributed by atoms with Crippen LogP contribution >= 0.6 is 0 Å². The van der Waals surface area contributed by atoms with E-state index >= 15 is 0 Å². The van der Waals surface area contributed by atoms with Gasteiger partial charge in [0.2, 0.25) is 5.91 Å². The first-order valence-corrected chi connectivity index (χ1v) is 12.4. The number of H-pyrrole nitrogens is 1. The third-order valence-electron chi connectivity index (χ3n) is 7.43. The molecule has 7 heteroatoms. The van der Waals surface area contributed by atoms with Gasteiger partial charge in [0.15, 0.2) is 0 Å². The Kier molecular flexibility index (Phi) is 4.68. The van der Waals surface area contributed by atoms with E-state index in [1.807, 2.05) is 30.9 Å². The molecule has 35 heavy (non-hydrogen) atoms.